The van der Waals surface area contributed by atoms with Crippen molar-refractivity contribution in [2.24, 2.45) is 0 Å². The maximum absolute atomic E-state index is 10.1. The standard InChI is InChI=1S/C17H19NO3.ClH/c1-12-7-3-6-10-15(12)21-11-13-8-4-5-9-14(13)16(19)17(18)20-2;/h3-10,16,18-19H,11H2,1-2H3;1H. The lowest BCUT2D eigenvalue weighted by Crippen LogP contribution is -2.15. The fourth-order valence-corrected chi connectivity index (χ4v) is 2.06. The number of nitrogens with one attached hydrogen (secondary N) is 1. The van der Waals surface area contributed by atoms with Crippen LogP contribution < -0.4 is 4.74 Å². The van der Waals surface area contributed by atoms with Crippen molar-refractivity contribution in [1.82, 2.24) is 0 Å². The minimum absolute atomic E-state index is 0. The SMILES string of the molecule is COC(=N)C(O)c1ccccc1COc1ccccc1C.Cl. The van der Waals surface area contributed by atoms with Gasteiger partial charge in [-0.15, -0.1) is 12.4 Å². The molecule has 0 saturated carbocycles. The molecule has 22 heavy (non-hydrogen) atoms. The van der Waals surface area contributed by atoms with Gasteiger partial charge in [-0.1, -0.05) is 42.5 Å². The highest BCUT2D eigenvalue weighted by Gasteiger charge is 2.17. The molecule has 0 spiro atoms. The molecule has 0 aromatic heterocycles. The van der Waals surface area contributed by atoms with E-state index in [1.165, 1.54) is 7.11 Å². The molecule has 0 aliphatic carbocycles. The largest absolute Gasteiger partial charge is 0.489 e. The van der Waals surface area contributed by atoms with Gasteiger partial charge < -0.3 is 14.6 Å². The van der Waals surface area contributed by atoms with Crippen molar-refractivity contribution in [3.63, 3.8) is 0 Å². The van der Waals surface area contributed by atoms with E-state index in [1.54, 1.807) is 6.07 Å². The van der Waals surface area contributed by atoms with E-state index in [1.807, 2.05) is 49.4 Å². The number of aliphatic hydroxyl groups excluding tert-OH is 1. The van der Waals surface area contributed by atoms with Gasteiger partial charge in [-0.05, 0) is 29.7 Å². The summed E-state index contributed by atoms with van der Waals surface area (Å²) < 4.78 is 10.6. The number of aliphatic hydroxyl groups is 1. The Bertz CT molecular complexity index is 631. The lowest BCUT2D eigenvalue weighted by molar-refractivity contribution is 0.201. The number of benzene rings is 2. The summed E-state index contributed by atoms with van der Waals surface area (Å²) in [5.41, 5.74) is 2.51. The van der Waals surface area contributed by atoms with E-state index in [4.69, 9.17) is 14.9 Å². The van der Waals surface area contributed by atoms with Gasteiger partial charge in [0, 0.05) is 0 Å². The van der Waals surface area contributed by atoms with Gasteiger partial charge in [-0.2, -0.15) is 0 Å². The van der Waals surface area contributed by atoms with Gasteiger partial charge in [0.05, 0.1) is 7.11 Å². The zero-order chi connectivity index (χ0) is 15.2. The number of rotatable bonds is 5. The number of aryl methyl sites for hydroxylation is 1. The molecular formula is C17H20ClNO3. The monoisotopic (exact) mass is 321 g/mol. The molecule has 1 unspecified atom stereocenters. The third-order valence-corrected chi connectivity index (χ3v) is 3.29. The topological polar surface area (TPSA) is 62.5 Å². The Kier molecular flexibility index (Phi) is 6.89. The summed E-state index contributed by atoms with van der Waals surface area (Å²) in [6.45, 7) is 2.31. The fourth-order valence-electron chi connectivity index (χ4n) is 2.06. The molecular weight excluding hydrogens is 302 g/mol. The van der Waals surface area contributed by atoms with Crippen molar-refractivity contribution in [2.75, 3.05) is 7.11 Å². The molecule has 4 nitrogen and oxygen atoms in total. The molecule has 0 saturated heterocycles. The highest BCUT2D eigenvalue weighted by Crippen LogP contribution is 2.23. The zero-order valence-corrected chi connectivity index (χ0v) is 13.4. The number of hydrogen-bond donors (Lipinski definition) is 2. The Balaban J connectivity index is 0.00000242. The van der Waals surface area contributed by atoms with Gasteiger partial charge in [-0.25, -0.2) is 0 Å². The molecule has 2 N–H and O–H groups in total. The number of ether oxygens (including phenoxy) is 2. The summed E-state index contributed by atoms with van der Waals surface area (Å²) in [7, 11) is 1.37. The van der Waals surface area contributed by atoms with E-state index in [2.05, 4.69) is 0 Å². The maximum atomic E-state index is 10.1. The Labute approximate surface area is 136 Å². The Morgan fingerprint density at radius 1 is 1.14 bits per heavy atom. The average Bonchev–Trinajstić information content (AvgIpc) is 2.53. The van der Waals surface area contributed by atoms with Crippen LogP contribution in [0.4, 0.5) is 0 Å². The van der Waals surface area contributed by atoms with Crippen LogP contribution >= 0.6 is 12.4 Å². The molecule has 2 aromatic rings. The van der Waals surface area contributed by atoms with Crippen molar-refractivity contribution in [3.05, 3.63) is 65.2 Å². The third kappa shape index (κ3) is 4.23. The molecule has 1 atom stereocenters. The van der Waals surface area contributed by atoms with Crippen LogP contribution in [0.2, 0.25) is 0 Å². The first-order valence-electron chi connectivity index (χ1n) is 6.70. The Hall–Kier alpha value is -2.04. The van der Waals surface area contributed by atoms with Crippen LogP contribution in [-0.2, 0) is 11.3 Å². The van der Waals surface area contributed by atoms with Crippen molar-refractivity contribution < 1.29 is 14.6 Å². The second-order valence-electron chi connectivity index (χ2n) is 4.72. The number of hydrogen-bond acceptors (Lipinski definition) is 4. The number of halogens is 1. The Morgan fingerprint density at radius 3 is 2.45 bits per heavy atom. The van der Waals surface area contributed by atoms with Gasteiger partial charge in [0.15, 0.2) is 6.10 Å². The lowest BCUT2D eigenvalue weighted by Gasteiger charge is -2.16. The predicted octanol–water partition coefficient (Wildman–Crippen LogP) is 3.65. The summed E-state index contributed by atoms with van der Waals surface area (Å²) in [6, 6.07) is 15.1. The fraction of sp³-hybridized carbons (Fsp3) is 0.235. The highest BCUT2D eigenvalue weighted by molar-refractivity contribution is 5.85. The van der Waals surface area contributed by atoms with Crippen LogP contribution in [0.3, 0.4) is 0 Å². The maximum Gasteiger partial charge on any atom is 0.214 e. The molecule has 2 rings (SSSR count). The normalized spacial score (nSPS) is 11.2. The second-order valence-corrected chi connectivity index (χ2v) is 4.72. The van der Waals surface area contributed by atoms with Crippen LogP contribution in [0, 0.1) is 12.3 Å². The highest BCUT2D eigenvalue weighted by atomic mass is 35.5. The molecule has 0 fully saturated rings. The molecule has 0 aliphatic heterocycles. The molecule has 2 aromatic carbocycles. The minimum Gasteiger partial charge on any atom is -0.489 e. The minimum atomic E-state index is -1.08. The van der Waals surface area contributed by atoms with Crippen molar-refractivity contribution in [2.45, 2.75) is 19.6 Å². The molecule has 0 radical (unpaired) electrons. The van der Waals surface area contributed by atoms with Gasteiger partial charge in [0.25, 0.3) is 0 Å². The summed E-state index contributed by atoms with van der Waals surface area (Å²) >= 11 is 0. The predicted molar refractivity (Wildman–Crippen MR) is 88.9 cm³/mol. The average molecular weight is 322 g/mol. The van der Waals surface area contributed by atoms with Gasteiger partial charge in [-0.3, -0.25) is 5.41 Å². The summed E-state index contributed by atoms with van der Waals surface area (Å²) in [5, 5.41) is 17.7. The lowest BCUT2D eigenvalue weighted by atomic mass is 10.0. The molecule has 0 bridgehead atoms. The second kappa shape index (κ2) is 8.41. The van der Waals surface area contributed by atoms with E-state index in [0.29, 0.717) is 12.2 Å². The zero-order valence-electron chi connectivity index (χ0n) is 12.6. The molecule has 0 aliphatic rings. The van der Waals surface area contributed by atoms with Gasteiger partial charge >= 0.3 is 0 Å². The quantitative estimate of drug-likeness (QED) is 0.652. The first kappa shape index (κ1) is 18.0. The van der Waals surface area contributed by atoms with Crippen LogP contribution in [0.1, 0.15) is 22.8 Å². The van der Waals surface area contributed by atoms with Crippen molar-refractivity contribution in [3.8, 4) is 5.75 Å². The molecule has 5 heteroatoms. The first-order chi connectivity index (χ1) is 10.1. The van der Waals surface area contributed by atoms with E-state index >= 15 is 0 Å². The van der Waals surface area contributed by atoms with Crippen molar-refractivity contribution in [1.29, 1.82) is 5.41 Å². The molecule has 118 valence electrons. The van der Waals surface area contributed by atoms with E-state index in [-0.39, 0.29) is 18.3 Å². The smallest absolute Gasteiger partial charge is 0.214 e. The third-order valence-electron chi connectivity index (χ3n) is 3.29. The van der Waals surface area contributed by atoms with Crippen LogP contribution in [-0.4, -0.2) is 18.1 Å². The molecule has 0 amide bonds. The van der Waals surface area contributed by atoms with Gasteiger partial charge in [0.2, 0.25) is 5.90 Å². The van der Waals surface area contributed by atoms with Crippen molar-refractivity contribution >= 4 is 18.3 Å². The van der Waals surface area contributed by atoms with Crippen LogP contribution in [0.15, 0.2) is 48.5 Å². The molecule has 0 heterocycles. The van der Waals surface area contributed by atoms with E-state index in [0.717, 1.165) is 16.9 Å². The number of methoxy groups -OCH3 is 1. The summed E-state index contributed by atoms with van der Waals surface area (Å²) in [5.74, 6) is 0.627. The number of para-hydroxylation sites is 1. The van der Waals surface area contributed by atoms with Crippen LogP contribution in [0.5, 0.6) is 5.75 Å². The van der Waals surface area contributed by atoms with E-state index in [9.17, 15) is 5.11 Å². The van der Waals surface area contributed by atoms with Crippen LogP contribution in [0.25, 0.3) is 0 Å². The summed E-state index contributed by atoms with van der Waals surface area (Å²) in [6.07, 6.45) is -1.08. The Morgan fingerprint density at radius 2 is 1.77 bits per heavy atom. The van der Waals surface area contributed by atoms with Gasteiger partial charge in [0.1, 0.15) is 12.4 Å². The van der Waals surface area contributed by atoms with E-state index < -0.39 is 6.10 Å². The first-order valence-corrected chi connectivity index (χ1v) is 6.70. The summed E-state index contributed by atoms with van der Waals surface area (Å²) in [4.78, 5) is 0.